The quantitative estimate of drug-likeness (QED) is 0.251. The minimum absolute atomic E-state index is 0.287. The van der Waals surface area contributed by atoms with Crippen molar-refractivity contribution in [2.24, 2.45) is 5.16 Å². The number of hydrogen-bond acceptors (Lipinski definition) is 5. The van der Waals surface area contributed by atoms with E-state index in [-0.39, 0.29) is 5.25 Å². The molecule has 10 heavy (non-hydrogen) atoms. The molecule has 1 saturated heterocycles. The molecule has 0 radical (unpaired) electrons. The van der Waals surface area contributed by atoms with Crippen LogP contribution in [0.1, 0.15) is 6.92 Å². The van der Waals surface area contributed by atoms with Crippen LogP contribution < -0.4 is 4.83 Å². The third-order valence-electron chi connectivity index (χ3n) is 1.41. The number of hydrogen-bond donors (Lipinski definition) is 2. The molecule has 0 saturated carbocycles. The summed E-state index contributed by atoms with van der Waals surface area (Å²) < 4.78 is 0. The molecule has 1 aliphatic heterocycles. The zero-order chi connectivity index (χ0) is 7.56. The Balaban J connectivity index is 2.45. The summed E-state index contributed by atoms with van der Waals surface area (Å²) in [6, 6.07) is 0. The summed E-state index contributed by atoms with van der Waals surface area (Å²) in [5.74, 6) is 0. The molecule has 0 aromatic carbocycles. The Morgan fingerprint density at radius 1 is 1.90 bits per heavy atom. The lowest BCUT2D eigenvalue weighted by atomic mass is 10.3. The van der Waals surface area contributed by atoms with Crippen molar-refractivity contribution in [1.29, 1.82) is 0 Å². The van der Waals surface area contributed by atoms with Gasteiger partial charge in [0.05, 0.1) is 11.0 Å². The minimum Gasteiger partial charge on any atom is -0.411 e. The SMILES string of the molecule is CC(=NO)C1CN(C)NS1. The van der Waals surface area contributed by atoms with Gasteiger partial charge in [-0.2, -0.15) is 4.83 Å². The largest absolute Gasteiger partial charge is 0.411 e. The third kappa shape index (κ3) is 1.62. The van der Waals surface area contributed by atoms with Gasteiger partial charge < -0.3 is 5.21 Å². The van der Waals surface area contributed by atoms with Gasteiger partial charge in [-0.15, -0.1) is 0 Å². The van der Waals surface area contributed by atoms with Gasteiger partial charge in [-0.25, -0.2) is 5.01 Å². The fourth-order valence-electron chi connectivity index (χ4n) is 0.759. The van der Waals surface area contributed by atoms with E-state index < -0.39 is 0 Å². The van der Waals surface area contributed by atoms with Gasteiger partial charge >= 0.3 is 0 Å². The van der Waals surface area contributed by atoms with Crippen molar-refractivity contribution in [3.05, 3.63) is 0 Å². The molecule has 5 heteroatoms. The van der Waals surface area contributed by atoms with Crippen molar-refractivity contribution in [1.82, 2.24) is 9.84 Å². The first kappa shape index (κ1) is 7.84. The number of rotatable bonds is 1. The molecule has 1 aliphatic rings. The summed E-state index contributed by atoms with van der Waals surface area (Å²) in [7, 11) is 1.96. The predicted octanol–water partition coefficient (Wildman–Crippen LogP) is 0.303. The van der Waals surface area contributed by atoms with Crippen molar-refractivity contribution in [3.8, 4) is 0 Å². The number of oxime groups is 1. The van der Waals surface area contributed by atoms with Crippen LogP contribution in [0, 0.1) is 0 Å². The second kappa shape index (κ2) is 3.23. The highest BCUT2D eigenvalue weighted by atomic mass is 32.2. The van der Waals surface area contributed by atoms with E-state index in [2.05, 4.69) is 9.99 Å². The third-order valence-corrected chi connectivity index (χ3v) is 2.61. The summed E-state index contributed by atoms with van der Waals surface area (Å²) in [4.78, 5) is 3.04. The van der Waals surface area contributed by atoms with Crippen molar-refractivity contribution in [2.75, 3.05) is 13.6 Å². The monoisotopic (exact) mass is 161 g/mol. The maximum atomic E-state index is 8.41. The highest BCUT2D eigenvalue weighted by Gasteiger charge is 2.22. The zero-order valence-corrected chi connectivity index (χ0v) is 6.85. The van der Waals surface area contributed by atoms with Crippen molar-refractivity contribution >= 4 is 17.7 Å². The molecule has 1 atom stereocenters. The lowest BCUT2D eigenvalue weighted by Gasteiger charge is -2.04. The summed E-state index contributed by atoms with van der Waals surface area (Å²) in [5.41, 5.74) is 0.766. The van der Waals surface area contributed by atoms with Crippen LogP contribution in [-0.4, -0.2) is 34.8 Å². The average Bonchev–Trinajstić information content (AvgIpc) is 2.34. The van der Waals surface area contributed by atoms with Gasteiger partial charge in [0, 0.05) is 13.6 Å². The molecule has 2 N–H and O–H groups in total. The topological polar surface area (TPSA) is 47.9 Å². The van der Waals surface area contributed by atoms with Gasteiger partial charge in [-0.1, -0.05) is 17.1 Å². The maximum absolute atomic E-state index is 8.41. The molecular formula is C5H11N3OS. The van der Waals surface area contributed by atoms with E-state index in [9.17, 15) is 0 Å². The van der Waals surface area contributed by atoms with E-state index in [1.54, 1.807) is 11.9 Å². The lowest BCUT2D eigenvalue weighted by molar-refractivity contribution is 0.314. The smallest absolute Gasteiger partial charge is 0.0759 e. The Kier molecular flexibility index (Phi) is 2.53. The molecule has 0 aromatic rings. The molecule has 1 unspecified atom stereocenters. The molecule has 0 aromatic heterocycles. The van der Waals surface area contributed by atoms with E-state index in [1.165, 1.54) is 0 Å². The van der Waals surface area contributed by atoms with Crippen LogP contribution in [0.4, 0.5) is 0 Å². The fourth-order valence-corrected chi connectivity index (χ4v) is 1.66. The normalized spacial score (nSPS) is 29.4. The highest BCUT2D eigenvalue weighted by molar-refractivity contribution is 7.98. The molecule has 0 bridgehead atoms. The highest BCUT2D eigenvalue weighted by Crippen LogP contribution is 2.16. The number of nitrogens with zero attached hydrogens (tertiary/aromatic N) is 2. The van der Waals surface area contributed by atoms with Crippen molar-refractivity contribution in [2.45, 2.75) is 12.2 Å². The first-order valence-corrected chi connectivity index (χ1v) is 3.93. The van der Waals surface area contributed by atoms with Crippen molar-refractivity contribution in [3.63, 3.8) is 0 Å². The van der Waals surface area contributed by atoms with Gasteiger partial charge in [0.2, 0.25) is 0 Å². The van der Waals surface area contributed by atoms with Gasteiger partial charge in [-0.05, 0) is 6.92 Å². The Hall–Kier alpha value is -0.260. The molecule has 0 aliphatic carbocycles. The lowest BCUT2D eigenvalue weighted by Crippen LogP contribution is -2.25. The predicted molar refractivity (Wildman–Crippen MR) is 42.0 cm³/mol. The van der Waals surface area contributed by atoms with Gasteiger partial charge in [-0.3, -0.25) is 0 Å². The fraction of sp³-hybridized carbons (Fsp3) is 0.800. The first-order valence-electron chi connectivity index (χ1n) is 3.05. The standard InChI is InChI=1S/C5H11N3OS/c1-4(6-9)5-3-8(2)7-10-5/h5,7,9H,3H2,1-2H3. The molecule has 58 valence electrons. The molecule has 1 rings (SSSR count). The van der Waals surface area contributed by atoms with Gasteiger partial charge in [0.15, 0.2) is 0 Å². The van der Waals surface area contributed by atoms with Crippen LogP contribution in [0.2, 0.25) is 0 Å². The molecule has 4 nitrogen and oxygen atoms in total. The summed E-state index contributed by atoms with van der Waals surface area (Å²) in [6.07, 6.45) is 0. The average molecular weight is 161 g/mol. The summed E-state index contributed by atoms with van der Waals surface area (Å²) in [5, 5.41) is 13.8. The number of nitrogens with one attached hydrogen (secondary N) is 1. The first-order chi connectivity index (χ1) is 4.74. The van der Waals surface area contributed by atoms with Gasteiger partial charge in [0.1, 0.15) is 0 Å². The molecule has 0 amide bonds. The molecule has 0 spiro atoms. The van der Waals surface area contributed by atoms with Crippen LogP contribution in [-0.2, 0) is 0 Å². The van der Waals surface area contributed by atoms with E-state index in [4.69, 9.17) is 5.21 Å². The molecular weight excluding hydrogens is 150 g/mol. The van der Waals surface area contributed by atoms with Crippen LogP contribution >= 0.6 is 11.9 Å². The number of hydrazine groups is 1. The molecule has 1 fully saturated rings. The zero-order valence-electron chi connectivity index (χ0n) is 6.03. The maximum Gasteiger partial charge on any atom is 0.0759 e. The Morgan fingerprint density at radius 2 is 2.60 bits per heavy atom. The van der Waals surface area contributed by atoms with Crippen molar-refractivity contribution < 1.29 is 5.21 Å². The van der Waals surface area contributed by atoms with Crippen LogP contribution in [0.3, 0.4) is 0 Å². The van der Waals surface area contributed by atoms with Gasteiger partial charge in [0.25, 0.3) is 0 Å². The van der Waals surface area contributed by atoms with Crippen LogP contribution in [0.5, 0.6) is 0 Å². The summed E-state index contributed by atoms with van der Waals surface area (Å²) in [6.45, 7) is 2.71. The van der Waals surface area contributed by atoms with E-state index in [0.717, 1.165) is 12.3 Å². The minimum atomic E-state index is 0.287. The Labute approximate surface area is 64.4 Å². The van der Waals surface area contributed by atoms with E-state index in [0.29, 0.717) is 0 Å². The van der Waals surface area contributed by atoms with E-state index >= 15 is 0 Å². The molecule has 1 heterocycles. The summed E-state index contributed by atoms with van der Waals surface area (Å²) >= 11 is 1.57. The second-order valence-corrected chi connectivity index (χ2v) is 3.31. The van der Waals surface area contributed by atoms with Crippen LogP contribution in [0.25, 0.3) is 0 Å². The second-order valence-electron chi connectivity index (χ2n) is 2.32. The van der Waals surface area contributed by atoms with E-state index in [1.807, 2.05) is 19.0 Å². The Morgan fingerprint density at radius 3 is 3.00 bits per heavy atom. The van der Waals surface area contributed by atoms with Crippen LogP contribution in [0.15, 0.2) is 5.16 Å². The Bertz CT molecular complexity index is 150.